The standard InChI is InChI=1S/C9H10Cl2O2S/c1-9(10,11)7-14(12,13)8-5-3-2-4-6-8/h2-6H,7H2,1H3. The van der Waals surface area contributed by atoms with E-state index in [2.05, 4.69) is 0 Å². The van der Waals surface area contributed by atoms with Crippen LogP contribution in [-0.2, 0) is 9.84 Å². The number of hydrogen-bond donors (Lipinski definition) is 0. The van der Waals surface area contributed by atoms with E-state index in [1.165, 1.54) is 19.1 Å². The largest absolute Gasteiger partial charge is 0.224 e. The Kier molecular flexibility index (Phi) is 3.45. The van der Waals surface area contributed by atoms with Crippen molar-refractivity contribution in [3.8, 4) is 0 Å². The molecule has 0 N–H and O–H groups in total. The van der Waals surface area contributed by atoms with Crippen molar-refractivity contribution in [1.29, 1.82) is 0 Å². The van der Waals surface area contributed by atoms with Crippen LogP contribution >= 0.6 is 23.2 Å². The third kappa shape index (κ3) is 3.48. The Balaban J connectivity index is 2.99. The van der Waals surface area contributed by atoms with Crippen molar-refractivity contribution in [1.82, 2.24) is 0 Å². The van der Waals surface area contributed by atoms with Gasteiger partial charge in [0, 0.05) is 0 Å². The molecule has 1 rings (SSSR count). The second kappa shape index (κ2) is 4.09. The summed E-state index contributed by atoms with van der Waals surface area (Å²) in [4.78, 5) is 0.243. The lowest BCUT2D eigenvalue weighted by atomic mass is 10.4. The molecule has 0 heterocycles. The molecule has 1 aromatic rings. The zero-order chi connectivity index (χ0) is 10.8. The quantitative estimate of drug-likeness (QED) is 0.776. The average molecular weight is 253 g/mol. The molecule has 0 aliphatic carbocycles. The zero-order valence-electron chi connectivity index (χ0n) is 7.57. The summed E-state index contributed by atoms with van der Waals surface area (Å²) in [6.07, 6.45) is 0. The monoisotopic (exact) mass is 252 g/mol. The fourth-order valence-corrected chi connectivity index (χ4v) is 3.31. The Morgan fingerprint density at radius 2 is 1.71 bits per heavy atom. The van der Waals surface area contributed by atoms with Gasteiger partial charge in [-0.15, -0.1) is 23.2 Å². The fraction of sp³-hybridized carbons (Fsp3) is 0.333. The summed E-state index contributed by atoms with van der Waals surface area (Å²) in [5.41, 5.74) is 0. The molecule has 0 aliphatic rings. The van der Waals surface area contributed by atoms with Gasteiger partial charge in [-0.3, -0.25) is 0 Å². The highest BCUT2D eigenvalue weighted by molar-refractivity contribution is 7.91. The van der Waals surface area contributed by atoms with Crippen LogP contribution in [0.4, 0.5) is 0 Å². The lowest BCUT2D eigenvalue weighted by Crippen LogP contribution is -2.22. The lowest BCUT2D eigenvalue weighted by molar-refractivity contribution is 0.593. The van der Waals surface area contributed by atoms with Crippen molar-refractivity contribution >= 4 is 33.0 Å². The van der Waals surface area contributed by atoms with Crippen LogP contribution < -0.4 is 0 Å². The molecule has 0 fully saturated rings. The number of sulfone groups is 1. The summed E-state index contributed by atoms with van der Waals surface area (Å²) in [6.45, 7) is 1.45. The Morgan fingerprint density at radius 3 is 2.14 bits per heavy atom. The Morgan fingerprint density at radius 1 is 1.21 bits per heavy atom. The fourth-order valence-electron chi connectivity index (χ4n) is 1.04. The van der Waals surface area contributed by atoms with E-state index in [1.54, 1.807) is 18.2 Å². The van der Waals surface area contributed by atoms with Crippen LogP contribution in [0.1, 0.15) is 6.92 Å². The number of halogens is 2. The summed E-state index contributed by atoms with van der Waals surface area (Å²) < 4.78 is 22.1. The first-order chi connectivity index (χ1) is 6.31. The topological polar surface area (TPSA) is 34.1 Å². The van der Waals surface area contributed by atoms with Crippen LogP contribution in [0.15, 0.2) is 35.2 Å². The summed E-state index contributed by atoms with van der Waals surface area (Å²) >= 11 is 11.3. The normalized spacial score (nSPS) is 12.8. The van der Waals surface area contributed by atoms with Crippen LogP contribution in [0.3, 0.4) is 0 Å². The molecule has 0 aromatic heterocycles. The Bertz CT molecular complexity index is 393. The molecule has 78 valence electrons. The first kappa shape index (κ1) is 11.8. The van der Waals surface area contributed by atoms with E-state index in [0.717, 1.165) is 0 Å². The summed E-state index contributed by atoms with van der Waals surface area (Å²) in [5.74, 6) is -0.285. The van der Waals surface area contributed by atoms with Gasteiger partial charge in [0.15, 0.2) is 9.84 Å². The molecule has 0 atom stereocenters. The maximum Gasteiger partial charge on any atom is 0.181 e. The van der Waals surface area contributed by atoms with Crippen molar-refractivity contribution in [3.63, 3.8) is 0 Å². The minimum Gasteiger partial charge on any atom is -0.224 e. The van der Waals surface area contributed by atoms with E-state index in [-0.39, 0.29) is 10.6 Å². The van der Waals surface area contributed by atoms with Crippen LogP contribution in [0.25, 0.3) is 0 Å². The van der Waals surface area contributed by atoms with Gasteiger partial charge in [-0.05, 0) is 19.1 Å². The van der Waals surface area contributed by atoms with E-state index in [9.17, 15) is 8.42 Å². The molecule has 0 aliphatic heterocycles. The first-order valence-electron chi connectivity index (χ1n) is 3.97. The van der Waals surface area contributed by atoms with Crippen molar-refractivity contribution in [2.45, 2.75) is 16.2 Å². The van der Waals surface area contributed by atoms with Gasteiger partial charge in [-0.25, -0.2) is 8.42 Å². The molecule has 0 saturated heterocycles. The Labute approximate surface area is 93.8 Å². The molecule has 0 spiro atoms. The van der Waals surface area contributed by atoms with E-state index in [4.69, 9.17) is 23.2 Å². The van der Waals surface area contributed by atoms with Gasteiger partial charge in [0.05, 0.1) is 10.6 Å². The van der Waals surface area contributed by atoms with Gasteiger partial charge >= 0.3 is 0 Å². The zero-order valence-corrected chi connectivity index (χ0v) is 9.90. The minimum atomic E-state index is -3.38. The maximum absolute atomic E-state index is 11.7. The van der Waals surface area contributed by atoms with Crippen molar-refractivity contribution in [2.75, 3.05) is 5.75 Å². The van der Waals surface area contributed by atoms with Gasteiger partial charge in [0.2, 0.25) is 0 Å². The summed E-state index contributed by atoms with van der Waals surface area (Å²) in [7, 11) is -3.38. The molecule has 14 heavy (non-hydrogen) atoms. The van der Waals surface area contributed by atoms with Crippen LogP contribution in [0, 0.1) is 0 Å². The number of hydrogen-bond acceptors (Lipinski definition) is 2. The van der Waals surface area contributed by atoms with Gasteiger partial charge < -0.3 is 0 Å². The molecule has 2 nitrogen and oxygen atoms in total. The second-order valence-corrected chi connectivity index (χ2v) is 6.99. The van der Waals surface area contributed by atoms with Gasteiger partial charge in [-0.1, -0.05) is 18.2 Å². The van der Waals surface area contributed by atoms with Crippen LogP contribution in [0.5, 0.6) is 0 Å². The van der Waals surface area contributed by atoms with Crippen LogP contribution in [0.2, 0.25) is 0 Å². The maximum atomic E-state index is 11.7. The minimum absolute atomic E-state index is 0.243. The average Bonchev–Trinajstić information content (AvgIpc) is 2.01. The molecular formula is C9H10Cl2O2S. The predicted octanol–water partition coefficient (Wildman–Crippen LogP) is 2.65. The lowest BCUT2D eigenvalue weighted by Gasteiger charge is -2.13. The van der Waals surface area contributed by atoms with E-state index >= 15 is 0 Å². The van der Waals surface area contributed by atoms with Gasteiger partial charge in [-0.2, -0.15) is 0 Å². The van der Waals surface area contributed by atoms with E-state index in [1.807, 2.05) is 0 Å². The van der Waals surface area contributed by atoms with Gasteiger partial charge in [0.1, 0.15) is 4.33 Å². The van der Waals surface area contributed by atoms with Crippen LogP contribution in [-0.4, -0.2) is 18.5 Å². The van der Waals surface area contributed by atoms with Crippen molar-refractivity contribution in [2.24, 2.45) is 0 Å². The molecule has 0 amide bonds. The molecule has 0 saturated carbocycles. The highest BCUT2D eigenvalue weighted by Gasteiger charge is 2.27. The third-order valence-electron chi connectivity index (χ3n) is 1.55. The van der Waals surface area contributed by atoms with E-state index in [0.29, 0.717) is 0 Å². The van der Waals surface area contributed by atoms with Gasteiger partial charge in [0.25, 0.3) is 0 Å². The van der Waals surface area contributed by atoms with Crippen molar-refractivity contribution in [3.05, 3.63) is 30.3 Å². The second-order valence-electron chi connectivity index (χ2n) is 3.14. The van der Waals surface area contributed by atoms with Crippen molar-refractivity contribution < 1.29 is 8.42 Å². The number of rotatable bonds is 3. The molecule has 0 bridgehead atoms. The number of alkyl halides is 2. The summed E-state index contributed by atoms with van der Waals surface area (Å²) in [5, 5.41) is 0. The van der Waals surface area contributed by atoms with E-state index < -0.39 is 14.2 Å². The molecule has 5 heteroatoms. The summed E-state index contributed by atoms with van der Waals surface area (Å²) in [6, 6.07) is 8.11. The first-order valence-corrected chi connectivity index (χ1v) is 6.38. The molecule has 1 aromatic carbocycles. The SMILES string of the molecule is CC(Cl)(Cl)CS(=O)(=O)c1ccccc1. The predicted molar refractivity (Wildman–Crippen MR) is 58.6 cm³/mol. The Hall–Kier alpha value is -0.250. The smallest absolute Gasteiger partial charge is 0.181 e. The highest BCUT2D eigenvalue weighted by atomic mass is 35.5. The third-order valence-corrected chi connectivity index (χ3v) is 4.08. The highest BCUT2D eigenvalue weighted by Crippen LogP contribution is 2.25. The molecule has 0 radical (unpaired) electrons. The molecular weight excluding hydrogens is 243 g/mol. The molecule has 0 unspecified atom stereocenters. The number of benzene rings is 1.